The van der Waals surface area contributed by atoms with Crippen molar-refractivity contribution in [2.75, 3.05) is 13.2 Å². The van der Waals surface area contributed by atoms with Gasteiger partial charge in [0.1, 0.15) is 13.2 Å². The molecule has 0 rings (SSSR count). The molecule has 0 heterocycles. The van der Waals surface area contributed by atoms with Gasteiger partial charge in [-0.25, -0.2) is 0 Å². The van der Waals surface area contributed by atoms with Gasteiger partial charge in [-0.15, -0.1) is 0 Å². The van der Waals surface area contributed by atoms with E-state index in [1.54, 1.807) is 0 Å². The average molecular weight is 1070 g/mol. The smallest absolute Gasteiger partial charge is 0.306 e. The summed E-state index contributed by atoms with van der Waals surface area (Å²) in [5.74, 6) is -0.912. The highest BCUT2D eigenvalue weighted by Crippen LogP contribution is 2.15. The third kappa shape index (κ3) is 62.5. The number of hydrogen-bond donors (Lipinski definition) is 0. The average Bonchev–Trinajstić information content (AvgIpc) is 3.43. The molecule has 0 fully saturated rings. The van der Waals surface area contributed by atoms with Gasteiger partial charge in [0, 0.05) is 19.3 Å². The molecule has 0 aromatic carbocycles. The van der Waals surface area contributed by atoms with Crippen LogP contribution in [0.25, 0.3) is 0 Å². The first-order chi connectivity index (χ1) is 38.0. The molecule has 1 unspecified atom stereocenters. The van der Waals surface area contributed by atoms with Gasteiger partial charge in [-0.3, -0.25) is 14.4 Å². The van der Waals surface area contributed by atoms with Gasteiger partial charge in [0.25, 0.3) is 0 Å². The molecule has 0 spiro atoms. The normalized spacial score (nSPS) is 12.9. The number of ether oxygens (including phenoxy) is 3. The number of rotatable bonds is 57. The van der Waals surface area contributed by atoms with Gasteiger partial charge in [0.15, 0.2) is 6.10 Å². The number of allylic oxidation sites excluding steroid dienone is 20. The Balaban J connectivity index is 4.42. The molecule has 6 nitrogen and oxygen atoms in total. The molecule has 6 heteroatoms. The zero-order chi connectivity index (χ0) is 55.7. The predicted molar refractivity (Wildman–Crippen MR) is 334 cm³/mol. The maximum atomic E-state index is 12.9. The molecule has 1 atom stereocenters. The second-order valence-electron chi connectivity index (χ2n) is 20.9. The van der Waals surface area contributed by atoms with Crippen molar-refractivity contribution in [3.05, 3.63) is 122 Å². The molecule has 0 radical (unpaired) electrons. The standard InChI is InChI=1S/C71H118O6/c1-4-7-10-13-16-19-22-25-28-31-33-34-35-36-38-40-43-46-49-52-55-58-61-64-70(73)76-67-68(66-75-69(72)63-60-57-54-51-48-45-42-39-30-27-24-21-18-15-12-9-6-3)77-71(74)65-62-59-56-53-50-47-44-41-37-32-29-26-23-20-17-14-11-8-5-2/h7,9-10,12,16-21,25-30,33-34,37,41,68H,4-6,8,11,13-15,22-24,31-32,35-36,38-40,42-67H2,1-3H3/b10-7-,12-9-,19-16-,20-17-,21-18-,28-25-,29-26-,30-27-,34-33-,41-37-. The summed E-state index contributed by atoms with van der Waals surface area (Å²) in [5, 5.41) is 0. The molecule has 0 aliphatic heterocycles. The molecule has 0 N–H and O–H groups in total. The van der Waals surface area contributed by atoms with E-state index in [-0.39, 0.29) is 31.1 Å². The first-order valence-corrected chi connectivity index (χ1v) is 32.0. The van der Waals surface area contributed by atoms with Crippen LogP contribution in [0.3, 0.4) is 0 Å². The van der Waals surface area contributed by atoms with Crippen LogP contribution in [0.5, 0.6) is 0 Å². The van der Waals surface area contributed by atoms with Crippen LogP contribution in [-0.2, 0) is 28.6 Å². The van der Waals surface area contributed by atoms with Crippen molar-refractivity contribution < 1.29 is 28.6 Å². The monoisotopic (exact) mass is 1070 g/mol. The van der Waals surface area contributed by atoms with Crippen molar-refractivity contribution >= 4 is 17.9 Å². The fraction of sp³-hybridized carbons (Fsp3) is 0.676. The van der Waals surface area contributed by atoms with E-state index in [9.17, 15) is 14.4 Å². The molecule has 0 saturated carbocycles. The van der Waals surface area contributed by atoms with Crippen molar-refractivity contribution in [1.82, 2.24) is 0 Å². The second-order valence-corrected chi connectivity index (χ2v) is 20.9. The Morgan fingerprint density at radius 3 is 0.792 bits per heavy atom. The van der Waals surface area contributed by atoms with Crippen molar-refractivity contribution in [3.63, 3.8) is 0 Å². The van der Waals surface area contributed by atoms with Crippen LogP contribution in [0, 0.1) is 0 Å². The van der Waals surface area contributed by atoms with Crippen molar-refractivity contribution in [3.8, 4) is 0 Å². The zero-order valence-corrected chi connectivity index (χ0v) is 50.2. The van der Waals surface area contributed by atoms with Gasteiger partial charge in [0.2, 0.25) is 0 Å². The van der Waals surface area contributed by atoms with Crippen LogP contribution in [0.4, 0.5) is 0 Å². The summed E-state index contributed by atoms with van der Waals surface area (Å²) in [6.45, 7) is 6.39. The van der Waals surface area contributed by atoms with E-state index in [1.807, 2.05) is 0 Å². The second kappa shape index (κ2) is 64.3. The van der Waals surface area contributed by atoms with E-state index in [0.29, 0.717) is 19.3 Å². The van der Waals surface area contributed by atoms with E-state index < -0.39 is 6.10 Å². The minimum atomic E-state index is -0.796. The minimum Gasteiger partial charge on any atom is -0.462 e. The van der Waals surface area contributed by atoms with Gasteiger partial charge in [0.05, 0.1) is 0 Å². The van der Waals surface area contributed by atoms with Crippen LogP contribution >= 0.6 is 0 Å². The molecule has 438 valence electrons. The Hall–Kier alpha value is -4.19. The van der Waals surface area contributed by atoms with Crippen molar-refractivity contribution in [2.24, 2.45) is 0 Å². The van der Waals surface area contributed by atoms with Gasteiger partial charge >= 0.3 is 17.9 Å². The first kappa shape index (κ1) is 72.8. The Bertz CT molecular complexity index is 1600. The summed E-state index contributed by atoms with van der Waals surface area (Å²) in [7, 11) is 0. The first-order valence-electron chi connectivity index (χ1n) is 32.0. The highest BCUT2D eigenvalue weighted by Gasteiger charge is 2.19. The van der Waals surface area contributed by atoms with Crippen molar-refractivity contribution in [2.45, 2.75) is 297 Å². The van der Waals surface area contributed by atoms with E-state index in [0.717, 1.165) is 135 Å². The lowest BCUT2D eigenvalue weighted by atomic mass is 10.1. The van der Waals surface area contributed by atoms with Gasteiger partial charge in [-0.2, -0.15) is 0 Å². The topological polar surface area (TPSA) is 78.9 Å². The van der Waals surface area contributed by atoms with Gasteiger partial charge in [-0.1, -0.05) is 264 Å². The highest BCUT2D eigenvalue weighted by atomic mass is 16.6. The highest BCUT2D eigenvalue weighted by molar-refractivity contribution is 5.71. The number of hydrogen-bond acceptors (Lipinski definition) is 6. The van der Waals surface area contributed by atoms with Gasteiger partial charge in [-0.05, 0) is 128 Å². The molecule has 0 aliphatic carbocycles. The lowest BCUT2D eigenvalue weighted by Crippen LogP contribution is -2.30. The summed E-state index contributed by atoms with van der Waals surface area (Å²) in [4.78, 5) is 38.4. The fourth-order valence-electron chi connectivity index (χ4n) is 8.69. The third-order valence-corrected chi connectivity index (χ3v) is 13.4. The van der Waals surface area contributed by atoms with E-state index in [4.69, 9.17) is 14.2 Å². The summed E-state index contributed by atoms with van der Waals surface area (Å²) in [6.07, 6.45) is 89.1. The number of carbonyl (C=O) groups excluding carboxylic acids is 3. The predicted octanol–water partition coefficient (Wildman–Crippen LogP) is 22.0. The van der Waals surface area contributed by atoms with Crippen LogP contribution in [0.15, 0.2) is 122 Å². The Labute approximate surface area is 475 Å². The lowest BCUT2D eigenvalue weighted by Gasteiger charge is -2.18. The van der Waals surface area contributed by atoms with Crippen LogP contribution < -0.4 is 0 Å². The van der Waals surface area contributed by atoms with E-state index >= 15 is 0 Å². The number of carbonyl (C=O) groups is 3. The fourth-order valence-corrected chi connectivity index (χ4v) is 8.69. The molecule has 0 amide bonds. The molecule has 0 aliphatic rings. The number of esters is 3. The third-order valence-electron chi connectivity index (χ3n) is 13.4. The van der Waals surface area contributed by atoms with Gasteiger partial charge < -0.3 is 14.2 Å². The Kier molecular flexibility index (Phi) is 60.8. The molecule has 0 saturated heterocycles. The lowest BCUT2D eigenvalue weighted by molar-refractivity contribution is -0.167. The molecular weight excluding hydrogens is 949 g/mol. The SMILES string of the molecule is CC/C=C\C/C=C\C/C=C\C/C=C\CCCCCCCCCCCCC(=O)OCC(COC(=O)CCCCCCCCC/C=C\C/C=C\C/C=C\CC)OC(=O)CCCCCCCC/C=C\C/C=C\C/C=C\CCCCC. The summed E-state index contributed by atoms with van der Waals surface area (Å²) in [5.41, 5.74) is 0. The summed E-state index contributed by atoms with van der Waals surface area (Å²) < 4.78 is 16.9. The maximum absolute atomic E-state index is 12.9. The van der Waals surface area contributed by atoms with Crippen molar-refractivity contribution in [1.29, 1.82) is 0 Å². The molecule has 77 heavy (non-hydrogen) atoms. The largest absolute Gasteiger partial charge is 0.462 e. The number of unbranched alkanes of at least 4 members (excludes halogenated alkanes) is 26. The van der Waals surface area contributed by atoms with Crippen LogP contribution in [0.1, 0.15) is 290 Å². The Morgan fingerprint density at radius 1 is 0.273 bits per heavy atom. The van der Waals surface area contributed by atoms with Crippen LogP contribution in [0.2, 0.25) is 0 Å². The quantitative estimate of drug-likeness (QED) is 0.0261. The van der Waals surface area contributed by atoms with E-state index in [2.05, 4.69) is 142 Å². The molecular formula is C71H118O6. The van der Waals surface area contributed by atoms with E-state index in [1.165, 1.54) is 116 Å². The zero-order valence-electron chi connectivity index (χ0n) is 50.2. The molecule has 0 bridgehead atoms. The molecule has 0 aromatic heterocycles. The summed E-state index contributed by atoms with van der Waals surface area (Å²) >= 11 is 0. The maximum Gasteiger partial charge on any atom is 0.306 e. The Morgan fingerprint density at radius 2 is 0.506 bits per heavy atom. The summed E-state index contributed by atoms with van der Waals surface area (Å²) in [6, 6.07) is 0. The van der Waals surface area contributed by atoms with Crippen LogP contribution in [-0.4, -0.2) is 37.2 Å². The molecule has 0 aromatic rings. The minimum absolute atomic E-state index is 0.0909.